The molecule has 0 aliphatic rings. The number of aromatic amines is 1. The van der Waals surface area contributed by atoms with E-state index in [1.54, 1.807) is 24.3 Å². The van der Waals surface area contributed by atoms with Gasteiger partial charge in [-0.3, -0.25) is 20.0 Å². The summed E-state index contributed by atoms with van der Waals surface area (Å²) in [4.78, 5) is 23.5. The fraction of sp³-hybridized carbons (Fsp3) is 0. The Hall–Kier alpha value is -3.26. The molecule has 10 heteroatoms. The number of benzene rings is 2. The number of H-pyrrole nitrogens is 1. The van der Waals surface area contributed by atoms with Crippen molar-refractivity contribution in [3.8, 4) is 17.0 Å². The molecule has 0 fully saturated rings. The average Bonchev–Trinajstić information content (AvgIpc) is 3.28. The molecule has 0 atom stereocenters. The molecular formula is C21H12Cl3N3O4. The predicted molar refractivity (Wildman–Crippen MR) is 121 cm³/mol. The molecule has 0 aliphatic carbocycles. The first-order chi connectivity index (χ1) is 14.7. The fourth-order valence-electron chi connectivity index (χ4n) is 3.05. The van der Waals surface area contributed by atoms with Crippen molar-refractivity contribution in [3.05, 3.63) is 100 Å². The zero-order chi connectivity index (χ0) is 22.3. The van der Waals surface area contributed by atoms with Gasteiger partial charge in [-0.05, 0) is 30.3 Å². The number of rotatable bonds is 4. The Morgan fingerprint density at radius 1 is 1.10 bits per heavy atom. The van der Waals surface area contributed by atoms with Crippen molar-refractivity contribution in [1.29, 1.82) is 0 Å². The monoisotopic (exact) mass is 475 g/mol. The van der Waals surface area contributed by atoms with Gasteiger partial charge < -0.3 is 4.42 Å². The maximum atomic E-state index is 13.0. The number of nitrogens with one attached hydrogen (secondary N) is 1. The number of non-ortho nitro benzene ring substituents is 1. The van der Waals surface area contributed by atoms with Crippen LogP contribution in [0, 0.1) is 10.1 Å². The smallest absolute Gasteiger partial charge is 0.279 e. The van der Waals surface area contributed by atoms with E-state index in [0.29, 0.717) is 27.5 Å². The predicted octanol–water partition coefficient (Wildman–Crippen LogP) is 4.53. The summed E-state index contributed by atoms with van der Waals surface area (Å²) in [5, 5.41) is 15.1. The minimum Gasteiger partial charge on any atom is -0.457 e. The van der Waals surface area contributed by atoms with Crippen LogP contribution in [0.1, 0.15) is 5.76 Å². The van der Waals surface area contributed by atoms with Gasteiger partial charge in [-0.1, -0.05) is 53.5 Å². The molecule has 2 aromatic carbocycles. The number of aromatic nitrogens is 2. The van der Waals surface area contributed by atoms with E-state index >= 15 is 0 Å². The third-order valence-electron chi connectivity index (χ3n) is 4.47. The second-order valence-electron chi connectivity index (χ2n) is 6.52. The number of halogens is 3. The normalized spacial score (nSPS) is 11.8. The lowest BCUT2D eigenvalue weighted by Crippen LogP contribution is -2.34. The highest BCUT2D eigenvalue weighted by atomic mass is 35.5. The molecule has 7 nitrogen and oxygen atoms in total. The molecule has 0 aliphatic heterocycles. The molecule has 2 heterocycles. The van der Waals surface area contributed by atoms with Crippen LogP contribution in [0.15, 0.2) is 57.7 Å². The van der Waals surface area contributed by atoms with Crippen LogP contribution in [0.4, 0.5) is 5.69 Å². The van der Waals surface area contributed by atoms with E-state index in [0.717, 1.165) is 0 Å². The van der Waals surface area contributed by atoms with Gasteiger partial charge in [-0.25, -0.2) is 4.68 Å². The van der Waals surface area contributed by atoms with Crippen LogP contribution in [-0.4, -0.2) is 14.7 Å². The number of nitro groups is 1. The molecule has 0 unspecified atom stereocenters. The van der Waals surface area contributed by atoms with E-state index in [1.807, 2.05) is 0 Å². The van der Waals surface area contributed by atoms with Crippen molar-refractivity contribution in [3.63, 3.8) is 0 Å². The third-order valence-corrected chi connectivity index (χ3v) is 5.26. The van der Waals surface area contributed by atoms with Gasteiger partial charge in [0.1, 0.15) is 17.2 Å². The summed E-state index contributed by atoms with van der Waals surface area (Å²) in [5.41, 5.74) is 0.294. The quantitative estimate of drug-likeness (QED) is 0.346. The van der Waals surface area contributed by atoms with Gasteiger partial charge in [-0.15, -0.1) is 0 Å². The summed E-state index contributed by atoms with van der Waals surface area (Å²) in [5.74, 6) is 0.781. The molecular weight excluding hydrogens is 465 g/mol. The van der Waals surface area contributed by atoms with Gasteiger partial charge in [0.25, 0.3) is 11.2 Å². The molecule has 156 valence electrons. The van der Waals surface area contributed by atoms with Gasteiger partial charge in [0.05, 0.1) is 25.5 Å². The van der Waals surface area contributed by atoms with Gasteiger partial charge in [0.15, 0.2) is 0 Å². The molecule has 0 saturated carbocycles. The molecule has 0 amide bonds. The van der Waals surface area contributed by atoms with E-state index in [1.165, 1.54) is 35.0 Å². The number of hydrogen-bond donors (Lipinski definition) is 1. The lowest BCUT2D eigenvalue weighted by atomic mass is 10.1. The summed E-state index contributed by atoms with van der Waals surface area (Å²) in [7, 11) is 0. The largest absolute Gasteiger partial charge is 0.457 e. The lowest BCUT2D eigenvalue weighted by molar-refractivity contribution is -0.384. The standard InChI is InChI=1S/C21H12Cl3N3O4/c1-11-16(21(28)26(25-11)20-17(23)8-13(22)9-18(20)24)10-15-5-6-19(31-15)12-3-2-4-14(7-12)27(29)30/h2-10,25H,1H2/b16-10-. The highest BCUT2D eigenvalue weighted by Gasteiger charge is 2.15. The Morgan fingerprint density at radius 3 is 2.48 bits per heavy atom. The van der Waals surface area contributed by atoms with Crippen LogP contribution >= 0.6 is 34.8 Å². The Bertz CT molecular complexity index is 1480. The molecule has 0 saturated heterocycles. The fourth-order valence-corrected chi connectivity index (χ4v) is 4.04. The minimum absolute atomic E-state index is 0.0512. The second-order valence-corrected chi connectivity index (χ2v) is 7.77. The Kier molecular flexibility index (Phi) is 5.49. The maximum Gasteiger partial charge on any atom is 0.279 e. The van der Waals surface area contributed by atoms with Crippen LogP contribution in [-0.2, 0) is 0 Å². The summed E-state index contributed by atoms with van der Waals surface area (Å²) in [6, 6.07) is 12.3. The van der Waals surface area contributed by atoms with E-state index in [-0.39, 0.29) is 26.6 Å². The van der Waals surface area contributed by atoms with Gasteiger partial charge in [0, 0.05) is 22.7 Å². The van der Waals surface area contributed by atoms with Crippen LogP contribution < -0.4 is 16.1 Å². The van der Waals surface area contributed by atoms with E-state index in [9.17, 15) is 14.9 Å². The molecule has 2 aromatic heterocycles. The third kappa shape index (κ3) is 4.03. The first kappa shape index (κ1) is 21.0. The summed E-state index contributed by atoms with van der Waals surface area (Å²) in [6.07, 6.45) is 1.51. The van der Waals surface area contributed by atoms with Crippen LogP contribution in [0.25, 0.3) is 29.7 Å². The van der Waals surface area contributed by atoms with Gasteiger partial charge in [0.2, 0.25) is 0 Å². The number of hydrogen-bond acceptors (Lipinski definition) is 4. The zero-order valence-corrected chi connectivity index (χ0v) is 17.8. The second kappa shape index (κ2) is 8.11. The summed E-state index contributed by atoms with van der Waals surface area (Å²) >= 11 is 18.4. The topological polar surface area (TPSA) is 94.1 Å². The SMILES string of the molecule is C=c1[nH]n(-c2c(Cl)cc(Cl)cc2Cl)c(=O)/c1=C\c1ccc(-c2cccc([N+](=O)[O-])c2)o1. The molecule has 0 bridgehead atoms. The van der Waals surface area contributed by atoms with Crippen LogP contribution in [0.3, 0.4) is 0 Å². The summed E-state index contributed by atoms with van der Waals surface area (Å²) in [6.45, 7) is 3.86. The van der Waals surface area contributed by atoms with Crippen LogP contribution in [0.5, 0.6) is 0 Å². The molecule has 1 N–H and O–H groups in total. The van der Waals surface area contributed by atoms with Gasteiger partial charge in [-0.2, -0.15) is 0 Å². The van der Waals surface area contributed by atoms with Crippen molar-refractivity contribution < 1.29 is 9.34 Å². The molecule has 0 spiro atoms. The average molecular weight is 477 g/mol. The van der Waals surface area contributed by atoms with Crippen molar-refractivity contribution in [2.75, 3.05) is 0 Å². The maximum absolute atomic E-state index is 13.0. The molecule has 31 heavy (non-hydrogen) atoms. The van der Waals surface area contributed by atoms with Crippen molar-refractivity contribution in [2.45, 2.75) is 0 Å². The van der Waals surface area contributed by atoms with Crippen LogP contribution in [0.2, 0.25) is 15.1 Å². The van der Waals surface area contributed by atoms with E-state index in [2.05, 4.69) is 11.7 Å². The molecule has 0 radical (unpaired) electrons. The van der Waals surface area contributed by atoms with E-state index < -0.39 is 10.5 Å². The van der Waals surface area contributed by atoms with Gasteiger partial charge >= 0.3 is 0 Å². The van der Waals surface area contributed by atoms with Crippen molar-refractivity contribution in [1.82, 2.24) is 9.78 Å². The summed E-state index contributed by atoms with van der Waals surface area (Å²) < 4.78 is 6.94. The first-order valence-electron chi connectivity index (χ1n) is 8.76. The zero-order valence-electron chi connectivity index (χ0n) is 15.6. The molecule has 4 aromatic rings. The first-order valence-corrected chi connectivity index (χ1v) is 9.89. The number of furan rings is 1. The Morgan fingerprint density at radius 2 is 1.81 bits per heavy atom. The number of nitro benzene ring substituents is 1. The minimum atomic E-state index is -0.482. The molecule has 4 rings (SSSR count). The van der Waals surface area contributed by atoms with Crippen molar-refractivity contribution >= 4 is 53.1 Å². The Labute approximate surface area is 189 Å². The van der Waals surface area contributed by atoms with Crippen molar-refractivity contribution in [2.24, 2.45) is 0 Å². The highest BCUT2D eigenvalue weighted by Crippen LogP contribution is 2.30. The highest BCUT2D eigenvalue weighted by molar-refractivity contribution is 6.40. The number of nitrogens with zero attached hydrogens (tertiary/aromatic N) is 2. The van der Waals surface area contributed by atoms with E-state index in [4.69, 9.17) is 39.2 Å². The Balaban J connectivity index is 1.79. The lowest BCUT2D eigenvalue weighted by Gasteiger charge is -2.07.